The van der Waals surface area contributed by atoms with Crippen molar-refractivity contribution in [3.8, 4) is 5.75 Å². The van der Waals surface area contributed by atoms with Crippen LogP contribution in [0.4, 0.5) is 13.2 Å². The van der Waals surface area contributed by atoms with E-state index in [9.17, 15) is 13.2 Å². The average molecular weight is 418 g/mol. The van der Waals surface area contributed by atoms with Crippen molar-refractivity contribution in [2.24, 2.45) is 0 Å². The third kappa shape index (κ3) is 4.76. The summed E-state index contributed by atoms with van der Waals surface area (Å²) in [6.07, 6.45) is -2.83. The van der Waals surface area contributed by atoms with E-state index in [4.69, 9.17) is 0 Å². The Labute approximate surface area is 167 Å². The van der Waals surface area contributed by atoms with Crippen LogP contribution in [0.25, 0.3) is 0 Å². The molecular formula is C18H23ClF3N5O. The van der Waals surface area contributed by atoms with Crippen LogP contribution >= 0.6 is 12.4 Å². The summed E-state index contributed by atoms with van der Waals surface area (Å²) in [4.78, 5) is 2.17. The number of halogens is 4. The van der Waals surface area contributed by atoms with Gasteiger partial charge in [0.15, 0.2) is 0 Å². The number of fused-ring (bicyclic) bond motifs is 1. The molecule has 1 aromatic heterocycles. The normalized spacial score (nSPS) is 18.4. The maximum Gasteiger partial charge on any atom is 0.573 e. The third-order valence-electron chi connectivity index (χ3n) is 5.20. The van der Waals surface area contributed by atoms with E-state index in [0.717, 1.165) is 57.2 Å². The van der Waals surface area contributed by atoms with Crippen molar-refractivity contribution in [3.05, 3.63) is 41.5 Å². The van der Waals surface area contributed by atoms with E-state index in [1.807, 2.05) is 0 Å². The highest BCUT2D eigenvalue weighted by molar-refractivity contribution is 5.85. The number of para-hydroxylation sites is 1. The second kappa shape index (κ2) is 8.67. The van der Waals surface area contributed by atoms with Crippen molar-refractivity contribution in [1.82, 2.24) is 25.0 Å². The molecule has 1 aromatic carbocycles. The van der Waals surface area contributed by atoms with Gasteiger partial charge in [0.2, 0.25) is 0 Å². The number of hydrogen-bond acceptors (Lipinski definition) is 5. The van der Waals surface area contributed by atoms with Gasteiger partial charge >= 0.3 is 6.36 Å². The Morgan fingerprint density at radius 2 is 1.86 bits per heavy atom. The molecule has 0 bridgehead atoms. The van der Waals surface area contributed by atoms with Gasteiger partial charge in [-0.2, -0.15) is 0 Å². The van der Waals surface area contributed by atoms with E-state index < -0.39 is 6.36 Å². The van der Waals surface area contributed by atoms with E-state index in [2.05, 4.69) is 29.7 Å². The highest BCUT2D eigenvalue weighted by atomic mass is 35.5. The summed E-state index contributed by atoms with van der Waals surface area (Å²) in [5.41, 5.74) is 0.555. The summed E-state index contributed by atoms with van der Waals surface area (Å²) in [5.74, 6) is 2.26. The maximum atomic E-state index is 12.6. The maximum absolute atomic E-state index is 12.6. The van der Waals surface area contributed by atoms with Gasteiger partial charge in [0.25, 0.3) is 0 Å². The van der Waals surface area contributed by atoms with Gasteiger partial charge in [-0.25, -0.2) is 0 Å². The molecule has 0 amide bonds. The van der Waals surface area contributed by atoms with E-state index in [1.54, 1.807) is 18.2 Å². The lowest BCUT2D eigenvalue weighted by atomic mass is 9.95. The number of aromatic nitrogens is 3. The Morgan fingerprint density at radius 3 is 2.61 bits per heavy atom. The molecule has 0 saturated carbocycles. The molecule has 1 saturated heterocycles. The van der Waals surface area contributed by atoms with E-state index >= 15 is 0 Å². The van der Waals surface area contributed by atoms with Crippen LogP contribution in [0.3, 0.4) is 0 Å². The number of benzene rings is 1. The lowest BCUT2D eigenvalue weighted by Gasteiger charge is -2.32. The number of likely N-dealkylation sites (tertiary alicyclic amines) is 1. The number of ether oxygens (including phenoxy) is 1. The topological polar surface area (TPSA) is 55.2 Å². The smallest absolute Gasteiger partial charge is 0.405 e. The molecule has 0 aliphatic carbocycles. The van der Waals surface area contributed by atoms with Gasteiger partial charge in [-0.15, -0.1) is 35.8 Å². The Kier molecular flexibility index (Phi) is 6.47. The Hall–Kier alpha value is -1.84. The molecule has 10 heteroatoms. The molecule has 154 valence electrons. The standard InChI is InChI=1S/C18H22F3N5O.ClH/c19-18(20,21)27-15-4-2-1-3-14(15)12-25-8-5-13(6-9-25)17-24-23-16-11-22-7-10-26(16)17;/h1-4,13,22H,5-12H2;1H. The molecule has 28 heavy (non-hydrogen) atoms. The van der Waals surface area contributed by atoms with Gasteiger partial charge in [0, 0.05) is 31.1 Å². The fourth-order valence-electron chi connectivity index (χ4n) is 3.87. The third-order valence-corrected chi connectivity index (χ3v) is 5.20. The molecular weight excluding hydrogens is 395 g/mol. The summed E-state index contributed by atoms with van der Waals surface area (Å²) in [6, 6.07) is 6.35. The Morgan fingerprint density at radius 1 is 1.11 bits per heavy atom. The summed E-state index contributed by atoms with van der Waals surface area (Å²) >= 11 is 0. The summed E-state index contributed by atoms with van der Waals surface area (Å²) in [5, 5.41) is 12.0. The SMILES string of the molecule is Cl.FC(F)(F)Oc1ccccc1CN1CCC(c2nnc3n2CCNC3)CC1. The predicted octanol–water partition coefficient (Wildman–Crippen LogP) is 3.08. The lowest BCUT2D eigenvalue weighted by molar-refractivity contribution is -0.275. The Bertz CT molecular complexity index is 790. The second-order valence-corrected chi connectivity index (χ2v) is 7.01. The number of piperidine rings is 1. The van der Waals surface area contributed by atoms with Crippen LogP contribution in [0.2, 0.25) is 0 Å². The molecule has 0 unspecified atom stereocenters. The van der Waals surface area contributed by atoms with Crippen LogP contribution in [0.5, 0.6) is 5.75 Å². The number of nitrogens with zero attached hydrogens (tertiary/aromatic N) is 4. The zero-order valence-corrected chi connectivity index (χ0v) is 16.1. The van der Waals surface area contributed by atoms with E-state index in [0.29, 0.717) is 18.0 Å². The molecule has 1 fully saturated rings. The average Bonchev–Trinajstić information content (AvgIpc) is 3.07. The molecule has 2 aromatic rings. The van der Waals surface area contributed by atoms with Gasteiger partial charge in [-0.1, -0.05) is 18.2 Å². The summed E-state index contributed by atoms with van der Waals surface area (Å²) < 4.78 is 44.1. The van der Waals surface area contributed by atoms with Crippen LogP contribution in [-0.2, 0) is 19.6 Å². The highest BCUT2D eigenvalue weighted by Crippen LogP contribution is 2.31. The molecule has 0 atom stereocenters. The van der Waals surface area contributed by atoms with Crippen LogP contribution in [0.1, 0.15) is 36.0 Å². The van der Waals surface area contributed by atoms with E-state index in [-0.39, 0.29) is 18.2 Å². The minimum absolute atomic E-state index is 0. The molecule has 4 rings (SSSR count). The van der Waals surface area contributed by atoms with Crippen molar-refractivity contribution < 1.29 is 17.9 Å². The second-order valence-electron chi connectivity index (χ2n) is 7.01. The summed E-state index contributed by atoms with van der Waals surface area (Å²) in [6.45, 7) is 4.63. The summed E-state index contributed by atoms with van der Waals surface area (Å²) in [7, 11) is 0. The fourth-order valence-corrected chi connectivity index (χ4v) is 3.87. The minimum Gasteiger partial charge on any atom is -0.405 e. The monoisotopic (exact) mass is 417 g/mol. The van der Waals surface area contributed by atoms with Crippen LogP contribution < -0.4 is 10.1 Å². The molecule has 6 nitrogen and oxygen atoms in total. The van der Waals surface area contributed by atoms with E-state index in [1.165, 1.54) is 6.07 Å². The fraction of sp³-hybridized carbons (Fsp3) is 0.556. The first-order chi connectivity index (χ1) is 13.0. The van der Waals surface area contributed by atoms with Gasteiger partial charge in [0.1, 0.15) is 17.4 Å². The predicted molar refractivity (Wildman–Crippen MR) is 99.4 cm³/mol. The van der Waals surface area contributed by atoms with Crippen molar-refractivity contribution in [3.63, 3.8) is 0 Å². The zero-order chi connectivity index (χ0) is 18.9. The number of rotatable bonds is 4. The van der Waals surface area contributed by atoms with Gasteiger partial charge in [0.05, 0.1) is 6.54 Å². The first kappa shape index (κ1) is 20.9. The first-order valence-electron chi connectivity index (χ1n) is 9.18. The number of nitrogens with one attached hydrogen (secondary N) is 1. The number of alkyl halides is 3. The van der Waals surface area contributed by atoms with Crippen LogP contribution in [-0.4, -0.2) is 45.7 Å². The highest BCUT2D eigenvalue weighted by Gasteiger charge is 2.32. The van der Waals surface area contributed by atoms with Gasteiger partial charge in [-0.05, 0) is 32.0 Å². The lowest BCUT2D eigenvalue weighted by Crippen LogP contribution is -2.35. The van der Waals surface area contributed by atoms with Gasteiger partial charge in [-0.3, -0.25) is 4.90 Å². The molecule has 2 aliphatic rings. The van der Waals surface area contributed by atoms with Crippen molar-refractivity contribution in [2.45, 2.75) is 44.8 Å². The van der Waals surface area contributed by atoms with Crippen molar-refractivity contribution in [1.29, 1.82) is 0 Å². The quantitative estimate of drug-likeness (QED) is 0.828. The largest absolute Gasteiger partial charge is 0.573 e. The minimum atomic E-state index is -4.68. The van der Waals surface area contributed by atoms with Crippen molar-refractivity contribution in [2.75, 3.05) is 19.6 Å². The molecule has 3 heterocycles. The van der Waals surface area contributed by atoms with Crippen LogP contribution in [0, 0.1) is 0 Å². The van der Waals surface area contributed by atoms with Crippen LogP contribution in [0.15, 0.2) is 24.3 Å². The molecule has 1 N–H and O–H groups in total. The Balaban J connectivity index is 0.00000225. The number of hydrogen-bond donors (Lipinski definition) is 1. The van der Waals surface area contributed by atoms with Gasteiger partial charge < -0.3 is 14.6 Å². The molecule has 0 radical (unpaired) electrons. The zero-order valence-electron chi connectivity index (χ0n) is 15.3. The van der Waals surface area contributed by atoms with Crippen molar-refractivity contribution >= 4 is 12.4 Å². The molecule has 2 aliphatic heterocycles. The molecule has 0 spiro atoms. The first-order valence-corrected chi connectivity index (χ1v) is 9.18.